The number of rotatable bonds is 9. The maximum Gasteiger partial charge on any atom is 0.252 e. The zero-order chi connectivity index (χ0) is 25.1. The number of hydrogen-bond acceptors (Lipinski definition) is 7. The lowest BCUT2D eigenvalue weighted by molar-refractivity contribution is 0.112. The number of benzene rings is 1. The Balaban J connectivity index is 1.54. The Kier molecular flexibility index (Phi) is 7.18. The van der Waals surface area contributed by atoms with Gasteiger partial charge in [0.25, 0.3) is 5.56 Å². The Hall–Kier alpha value is -3.46. The summed E-state index contributed by atoms with van der Waals surface area (Å²) in [5.74, 6) is 2.63. The summed E-state index contributed by atoms with van der Waals surface area (Å²) in [6, 6.07) is 11.7. The van der Waals surface area contributed by atoms with Gasteiger partial charge in [-0.15, -0.1) is 5.10 Å². The average molecular weight is 491 g/mol. The first kappa shape index (κ1) is 24.2. The first-order chi connectivity index (χ1) is 17.5. The maximum absolute atomic E-state index is 13.1. The fraction of sp³-hybridized carbons (Fsp3) is 0.481. The van der Waals surface area contributed by atoms with E-state index in [9.17, 15) is 4.79 Å². The fourth-order valence-corrected chi connectivity index (χ4v) is 5.41. The molecule has 9 heteroatoms. The lowest BCUT2D eigenvalue weighted by Crippen LogP contribution is -2.36. The van der Waals surface area contributed by atoms with Crippen molar-refractivity contribution in [1.29, 1.82) is 0 Å². The minimum Gasteiger partial charge on any atom is -0.497 e. The molecule has 1 fully saturated rings. The van der Waals surface area contributed by atoms with E-state index in [2.05, 4.69) is 39.3 Å². The number of pyridine rings is 1. The van der Waals surface area contributed by atoms with Crippen molar-refractivity contribution in [3.05, 3.63) is 70.2 Å². The smallest absolute Gasteiger partial charge is 0.252 e. The first-order valence-corrected chi connectivity index (χ1v) is 12.8. The topological polar surface area (TPSA) is 102 Å². The normalized spacial score (nSPS) is 15.7. The van der Waals surface area contributed by atoms with Gasteiger partial charge in [-0.2, -0.15) is 0 Å². The van der Waals surface area contributed by atoms with Crippen molar-refractivity contribution in [3.8, 4) is 5.75 Å². The summed E-state index contributed by atoms with van der Waals surface area (Å²) in [7, 11) is 1.64. The van der Waals surface area contributed by atoms with Crippen LogP contribution in [0.25, 0.3) is 10.9 Å². The number of nitrogens with zero attached hydrogens (tertiary/aromatic N) is 5. The molecule has 0 unspecified atom stereocenters. The van der Waals surface area contributed by atoms with Crippen LogP contribution in [0.15, 0.2) is 51.9 Å². The second kappa shape index (κ2) is 10.7. The molecule has 3 heterocycles. The van der Waals surface area contributed by atoms with Gasteiger partial charge in [-0.3, -0.25) is 9.69 Å². The quantitative estimate of drug-likeness (QED) is 0.351. The van der Waals surface area contributed by atoms with E-state index in [0.29, 0.717) is 24.7 Å². The van der Waals surface area contributed by atoms with Crippen LogP contribution < -0.4 is 10.3 Å². The van der Waals surface area contributed by atoms with Crippen LogP contribution in [-0.4, -0.2) is 37.2 Å². The Bertz CT molecular complexity index is 1340. The van der Waals surface area contributed by atoms with Gasteiger partial charge < -0.3 is 14.1 Å². The maximum atomic E-state index is 13.1. The van der Waals surface area contributed by atoms with E-state index in [4.69, 9.17) is 9.15 Å². The number of H-pyrrole nitrogens is 1. The highest BCUT2D eigenvalue weighted by Crippen LogP contribution is 2.34. The number of tetrazole rings is 1. The van der Waals surface area contributed by atoms with Gasteiger partial charge in [-0.05, 0) is 65.6 Å². The summed E-state index contributed by atoms with van der Waals surface area (Å²) in [5.41, 5.74) is 1.35. The van der Waals surface area contributed by atoms with Gasteiger partial charge in [0.1, 0.15) is 11.5 Å². The SMILES string of the molecule is COc1ccc2[nH]c(=O)c(CN(Cc3ccco3)[C@@H](c3nnnn3C3CCCCC3)C(C)C)cc2c1. The second-order valence-electron chi connectivity index (χ2n) is 10.0. The van der Waals surface area contributed by atoms with Gasteiger partial charge in [0.05, 0.1) is 32.0 Å². The number of nitrogens with one attached hydrogen (secondary N) is 1. The van der Waals surface area contributed by atoms with Crippen molar-refractivity contribution in [3.63, 3.8) is 0 Å². The van der Waals surface area contributed by atoms with E-state index in [0.717, 1.165) is 41.1 Å². The molecule has 5 rings (SSSR count). The molecule has 0 radical (unpaired) electrons. The minimum atomic E-state index is -0.105. The monoisotopic (exact) mass is 490 g/mol. The molecule has 1 aromatic carbocycles. The number of methoxy groups -OCH3 is 1. The molecule has 3 aromatic heterocycles. The predicted octanol–water partition coefficient (Wildman–Crippen LogP) is 5.02. The van der Waals surface area contributed by atoms with Crippen LogP contribution in [0.2, 0.25) is 0 Å². The Morgan fingerprint density at radius 2 is 2.00 bits per heavy atom. The number of aromatic nitrogens is 5. The number of fused-ring (bicyclic) bond motifs is 1. The third kappa shape index (κ3) is 5.06. The standard InChI is InChI=1S/C27H34N6O3/c1-18(2)25(26-29-30-31-33(26)21-8-5-4-6-9-21)32(17-23-10-7-13-36-23)16-20-14-19-15-22(35-3)11-12-24(19)28-27(20)34/h7,10-15,18,21,25H,4-6,8-9,16-17H2,1-3H3,(H,28,34)/t25-/m1/s1. The molecule has 4 aromatic rings. The van der Waals surface area contributed by atoms with Crippen LogP contribution in [0.1, 0.15) is 75.2 Å². The molecule has 0 spiro atoms. The van der Waals surface area contributed by atoms with Gasteiger partial charge in [0, 0.05) is 23.0 Å². The van der Waals surface area contributed by atoms with Gasteiger partial charge in [0.15, 0.2) is 5.82 Å². The summed E-state index contributed by atoms with van der Waals surface area (Å²) >= 11 is 0. The first-order valence-electron chi connectivity index (χ1n) is 12.8. The average Bonchev–Trinajstić information content (AvgIpc) is 3.57. The summed E-state index contributed by atoms with van der Waals surface area (Å²) in [4.78, 5) is 18.4. The molecular formula is C27H34N6O3. The molecular weight excluding hydrogens is 456 g/mol. The number of furan rings is 1. The van der Waals surface area contributed by atoms with Crippen molar-refractivity contribution in [2.24, 2.45) is 5.92 Å². The molecule has 9 nitrogen and oxygen atoms in total. The molecule has 0 bridgehead atoms. The summed E-state index contributed by atoms with van der Waals surface area (Å²) in [6.07, 6.45) is 7.52. The van der Waals surface area contributed by atoms with Crippen LogP contribution >= 0.6 is 0 Å². The largest absolute Gasteiger partial charge is 0.497 e. The minimum absolute atomic E-state index is 0.104. The van der Waals surface area contributed by atoms with Crippen LogP contribution in [0.5, 0.6) is 5.75 Å². The van der Waals surface area contributed by atoms with E-state index >= 15 is 0 Å². The third-order valence-corrected chi connectivity index (χ3v) is 7.17. The molecule has 1 aliphatic rings. The highest BCUT2D eigenvalue weighted by molar-refractivity contribution is 5.80. The van der Waals surface area contributed by atoms with Crippen LogP contribution in [0.4, 0.5) is 0 Å². The van der Waals surface area contributed by atoms with E-state index in [1.807, 2.05) is 41.1 Å². The molecule has 1 N–H and O–H groups in total. The zero-order valence-corrected chi connectivity index (χ0v) is 21.2. The summed E-state index contributed by atoms with van der Waals surface area (Å²) in [6.45, 7) is 5.30. The van der Waals surface area contributed by atoms with Gasteiger partial charge in [-0.25, -0.2) is 4.68 Å². The van der Waals surface area contributed by atoms with E-state index in [-0.39, 0.29) is 17.5 Å². The van der Waals surface area contributed by atoms with Crippen LogP contribution in [0.3, 0.4) is 0 Å². The number of ether oxygens (including phenoxy) is 1. The Labute approximate surface area is 210 Å². The lowest BCUT2D eigenvalue weighted by atomic mass is 9.94. The number of aromatic amines is 1. The van der Waals surface area contributed by atoms with Crippen molar-refractivity contribution >= 4 is 10.9 Å². The number of hydrogen-bond donors (Lipinski definition) is 1. The molecule has 1 atom stereocenters. The van der Waals surface area contributed by atoms with Gasteiger partial charge in [-0.1, -0.05) is 33.1 Å². The molecule has 0 aliphatic heterocycles. The van der Waals surface area contributed by atoms with Crippen molar-refractivity contribution in [1.82, 2.24) is 30.1 Å². The van der Waals surface area contributed by atoms with Crippen molar-refractivity contribution < 1.29 is 9.15 Å². The lowest BCUT2D eigenvalue weighted by Gasteiger charge is -2.34. The van der Waals surface area contributed by atoms with Crippen LogP contribution in [-0.2, 0) is 13.1 Å². The van der Waals surface area contributed by atoms with E-state index in [1.54, 1.807) is 13.4 Å². The molecule has 0 amide bonds. The zero-order valence-electron chi connectivity index (χ0n) is 21.2. The third-order valence-electron chi connectivity index (χ3n) is 7.17. The Morgan fingerprint density at radius 3 is 2.72 bits per heavy atom. The van der Waals surface area contributed by atoms with Gasteiger partial charge in [0.2, 0.25) is 0 Å². The van der Waals surface area contributed by atoms with Crippen molar-refractivity contribution in [2.75, 3.05) is 7.11 Å². The molecule has 36 heavy (non-hydrogen) atoms. The molecule has 1 aliphatic carbocycles. The van der Waals surface area contributed by atoms with Gasteiger partial charge >= 0.3 is 0 Å². The van der Waals surface area contributed by atoms with E-state index in [1.165, 1.54) is 19.3 Å². The second-order valence-corrected chi connectivity index (χ2v) is 10.0. The molecule has 190 valence electrons. The van der Waals surface area contributed by atoms with Crippen molar-refractivity contribution in [2.45, 2.75) is 71.1 Å². The molecule has 1 saturated carbocycles. The fourth-order valence-electron chi connectivity index (χ4n) is 5.41. The summed E-state index contributed by atoms with van der Waals surface area (Å²) < 4.78 is 13.2. The highest BCUT2D eigenvalue weighted by atomic mass is 16.5. The molecule has 0 saturated heterocycles. The Morgan fingerprint density at radius 1 is 1.17 bits per heavy atom. The predicted molar refractivity (Wildman–Crippen MR) is 137 cm³/mol. The van der Waals surface area contributed by atoms with Crippen LogP contribution in [0, 0.1) is 5.92 Å². The highest BCUT2D eigenvalue weighted by Gasteiger charge is 2.32. The van der Waals surface area contributed by atoms with E-state index < -0.39 is 0 Å². The summed E-state index contributed by atoms with van der Waals surface area (Å²) in [5, 5.41) is 14.0.